The van der Waals surface area contributed by atoms with E-state index in [0.29, 0.717) is 12.1 Å². The average Bonchev–Trinajstić information content (AvgIpc) is 2.64. The van der Waals surface area contributed by atoms with Crippen molar-refractivity contribution >= 4 is 0 Å². The van der Waals surface area contributed by atoms with Crippen molar-refractivity contribution in [1.82, 2.24) is 4.90 Å². The molecule has 0 bridgehead atoms. The molecule has 1 N–H and O–H groups in total. The molecule has 0 aliphatic heterocycles. The lowest BCUT2D eigenvalue weighted by Gasteiger charge is -2.37. The van der Waals surface area contributed by atoms with Gasteiger partial charge in [0.05, 0.1) is 0 Å². The lowest BCUT2D eigenvalue weighted by atomic mass is 9.98. The van der Waals surface area contributed by atoms with Crippen molar-refractivity contribution in [3.8, 4) is 0 Å². The van der Waals surface area contributed by atoms with Gasteiger partial charge in [0.15, 0.2) is 0 Å². The van der Waals surface area contributed by atoms with Crippen LogP contribution in [0.5, 0.6) is 0 Å². The van der Waals surface area contributed by atoms with Crippen molar-refractivity contribution in [3.05, 3.63) is 71.8 Å². The van der Waals surface area contributed by atoms with Gasteiger partial charge in [0.25, 0.3) is 0 Å². The van der Waals surface area contributed by atoms with Crippen LogP contribution in [0.3, 0.4) is 0 Å². The number of rotatable bonds is 10. The standard InChI is InChI=1S/C22H31NO/c1-3-4-15-22(16-17-24)23(18-20-11-7-5-8-12-20)19(2)21-13-9-6-10-14-21/h5-14,19,22,24H,3-4,15-18H2,1-2H3. The number of hydrogen-bond acceptors (Lipinski definition) is 2. The fourth-order valence-corrected chi connectivity index (χ4v) is 3.36. The maximum Gasteiger partial charge on any atom is 0.0445 e. The Morgan fingerprint density at radius 1 is 0.917 bits per heavy atom. The van der Waals surface area contributed by atoms with E-state index in [1.807, 2.05) is 0 Å². The minimum atomic E-state index is 0.251. The second kappa shape index (κ2) is 10.3. The molecule has 2 heteroatoms. The topological polar surface area (TPSA) is 23.5 Å². The quantitative estimate of drug-likeness (QED) is 0.649. The molecule has 0 saturated carbocycles. The molecule has 0 fully saturated rings. The van der Waals surface area contributed by atoms with E-state index in [2.05, 4.69) is 79.4 Å². The molecule has 2 atom stereocenters. The van der Waals surface area contributed by atoms with E-state index < -0.39 is 0 Å². The molecule has 0 aromatic heterocycles. The van der Waals surface area contributed by atoms with Gasteiger partial charge in [-0.3, -0.25) is 4.90 Å². The van der Waals surface area contributed by atoms with E-state index >= 15 is 0 Å². The summed E-state index contributed by atoms with van der Waals surface area (Å²) in [6, 6.07) is 22.1. The van der Waals surface area contributed by atoms with Gasteiger partial charge in [0.1, 0.15) is 0 Å². The summed E-state index contributed by atoms with van der Waals surface area (Å²) < 4.78 is 0. The van der Waals surface area contributed by atoms with Crippen molar-refractivity contribution in [2.24, 2.45) is 0 Å². The van der Waals surface area contributed by atoms with Crippen LogP contribution in [-0.2, 0) is 6.54 Å². The Labute approximate surface area is 147 Å². The Hall–Kier alpha value is -1.64. The fraction of sp³-hybridized carbons (Fsp3) is 0.455. The molecule has 2 aromatic rings. The third-order valence-electron chi connectivity index (χ3n) is 4.81. The first-order valence-electron chi connectivity index (χ1n) is 9.21. The van der Waals surface area contributed by atoms with Gasteiger partial charge >= 0.3 is 0 Å². The summed E-state index contributed by atoms with van der Waals surface area (Å²) >= 11 is 0. The molecule has 0 saturated heterocycles. The summed E-state index contributed by atoms with van der Waals surface area (Å²) in [5.41, 5.74) is 2.67. The Bertz CT molecular complexity index is 555. The van der Waals surface area contributed by atoms with Crippen LogP contribution in [0, 0.1) is 0 Å². The first-order chi connectivity index (χ1) is 11.8. The number of aliphatic hydroxyl groups excluding tert-OH is 1. The summed E-state index contributed by atoms with van der Waals surface area (Å²) in [6.07, 6.45) is 4.38. The maximum atomic E-state index is 9.58. The maximum absolute atomic E-state index is 9.58. The molecule has 2 aromatic carbocycles. The number of nitrogens with zero attached hydrogens (tertiary/aromatic N) is 1. The minimum absolute atomic E-state index is 0.251. The fourth-order valence-electron chi connectivity index (χ4n) is 3.36. The molecule has 0 radical (unpaired) electrons. The molecule has 0 aliphatic carbocycles. The van der Waals surface area contributed by atoms with Crippen molar-refractivity contribution < 1.29 is 5.11 Å². The molecule has 0 heterocycles. The van der Waals surface area contributed by atoms with Gasteiger partial charge < -0.3 is 5.11 Å². The van der Waals surface area contributed by atoms with Crippen LogP contribution in [0.15, 0.2) is 60.7 Å². The molecule has 2 rings (SSSR count). The first-order valence-corrected chi connectivity index (χ1v) is 9.21. The van der Waals surface area contributed by atoms with Gasteiger partial charge in [-0.2, -0.15) is 0 Å². The highest BCUT2D eigenvalue weighted by Crippen LogP contribution is 2.28. The van der Waals surface area contributed by atoms with Gasteiger partial charge in [0, 0.05) is 25.2 Å². The molecular formula is C22H31NO. The minimum Gasteiger partial charge on any atom is -0.396 e. The summed E-state index contributed by atoms with van der Waals surface area (Å²) in [4.78, 5) is 2.57. The second-order valence-corrected chi connectivity index (χ2v) is 6.55. The predicted octanol–water partition coefficient (Wildman–Crippen LogP) is 5.19. The molecule has 0 spiro atoms. The Balaban J connectivity index is 2.24. The summed E-state index contributed by atoms with van der Waals surface area (Å²) in [6.45, 7) is 5.69. The van der Waals surface area contributed by atoms with Crippen molar-refractivity contribution in [2.75, 3.05) is 6.61 Å². The number of hydrogen-bond donors (Lipinski definition) is 1. The van der Waals surface area contributed by atoms with Crippen LogP contribution >= 0.6 is 0 Å². The van der Waals surface area contributed by atoms with Crippen LogP contribution in [0.4, 0.5) is 0 Å². The summed E-state index contributed by atoms with van der Waals surface area (Å²) in [5, 5.41) is 9.58. The van der Waals surface area contributed by atoms with Gasteiger partial charge in [-0.1, -0.05) is 80.4 Å². The van der Waals surface area contributed by atoms with E-state index in [9.17, 15) is 5.11 Å². The van der Waals surface area contributed by atoms with Crippen LogP contribution in [0.1, 0.15) is 56.7 Å². The average molecular weight is 325 g/mol. The van der Waals surface area contributed by atoms with Gasteiger partial charge in [0.2, 0.25) is 0 Å². The largest absolute Gasteiger partial charge is 0.396 e. The number of unbranched alkanes of at least 4 members (excludes halogenated alkanes) is 1. The molecule has 24 heavy (non-hydrogen) atoms. The zero-order chi connectivity index (χ0) is 17.2. The van der Waals surface area contributed by atoms with E-state index in [1.165, 1.54) is 24.0 Å². The lowest BCUT2D eigenvalue weighted by molar-refractivity contribution is 0.100. The Kier molecular flexibility index (Phi) is 8.00. The van der Waals surface area contributed by atoms with Gasteiger partial charge in [-0.15, -0.1) is 0 Å². The van der Waals surface area contributed by atoms with Crippen LogP contribution in [-0.4, -0.2) is 22.7 Å². The van der Waals surface area contributed by atoms with Crippen molar-refractivity contribution in [1.29, 1.82) is 0 Å². The van der Waals surface area contributed by atoms with Crippen LogP contribution in [0.25, 0.3) is 0 Å². The van der Waals surface area contributed by atoms with Crippen LogP contribution < -0.4 is 0 Å². The predicted molar refractivity (Wildman–Crippen MR) is 102 cm³/mol. The van der Waals surface area contributed by atoms with Crippen molar-refractivity contribution in [3.63, 3.8) is 0 Å². The normalized spacial score (nSPS) is 13.8. The highest BCUT2D eigenvalue weighted by Gasteiger charge is 2.24. The number of aliphatic hydroxyl groups is 1. The Morgan fingerprint density at radius 3 is 2.12 bits per heavy atom. The molecule has 130 valence electrons. The molecule has 0 amide bonds. The molecular weight excluding hydrogens is 294 g/mol. The van der Waals surface area contributed by atoms with E-state index in [1.54, 1.807) is 0 Å². The van der Waals surface area contributed by atoms with E-state index in [0.717, 1.165) is 19.4 Å². The monoisotopic (exact) mass is 325 g/mol. The van der Waals surface area contributed by atoms with Gasteiger partial charge in [-0.25, -0.2) is 0 Å². The second-order valence-electron chi connectivity index (χ2n) is 6.55. The van der Waals surface area contributed by atoms with Crippen molar-refractivity contribution in [2.45, 2.75) is 58.2 Å². The third-order valence-corrected chi connectivity index (χ3v) is 4.81. The van der Waals surface area contributed by atoms with E-state index in [4.69, 9.17) is 0 Å². The summed E-state index contributed by atoms with van der Waals surface area (Å²) in [7, 11) is 0. The highest BCUT2D eigenvalue weighted by molar-refractivity contribution is 5.20. The first kappa shape index (κ1) is 18.7. The molecule has 2 unspecified atom stereocenters. The Morgan fingerprint density at radius 2 is 1.54 bits per heavy atom. The molecule has 0 aliphatic rings. The lowest BCUT2D eigenvalue weighted by Crippen LogP contribution is -2.37. The summed E-state index contributed by atoms with van der Waals surface area (Å²) in [5.74, 6) is 0. The van der Waals surface area contributed by atoms with Gasteiger partial charge in [-0.05, 0) is 30.9 Å². The zero-order valence-corrected chi connectivity index (χ0v) is 15.1. The smallest absolute Gasteiger partial charge is 0.0445 e. The number of benzene rings is 2. The third kappa shape index (κ3) is 5.47. The molecule has 2 nitrogen and oxygen atoms in total. The van der Waals surface area contributed by atoms with E-state index in [-0.39, 0.29) is 6.61 Å². The SMILES string of the molecule is CCCCC(CCO)N(Cc1ccccc1)C(C)c1ccccc1. The zero-order valence-electron chi connectivity index (χ0n) is 15.1. The highest BCUT2D eigenvalue weighted by atomic mass is 16.3. The van der Waals surface area contributed by atoms with Crippen LogP contribution in [0.2, 0.25) is 0 Å².